The van der Waals surface area contributed by atoms with Gasteiger partial charge in [-0.05, 0) is 49.8 Å². The number of nitrogens with zero attached hydrogens (tertiary/aromatic N) is 3. The molecule has 2 aromatic heterocycles. The lowest BCUT2D eigenvalue weighted by Gasteiger charge is -2.19. The van der Waals surface area contributed by atoms with Gasteiger partial charge in [0.2, 0.25) is 10.1 Å². The highest BCUT2D eigenvalue weighted by Crippen LogP contribution is 2.20. The van der Waals surface area contributed by atoms with Gasteiger partial charge >= 0.3 is 6.09 Å². The number of nitrogens with one attached hydrogen (secondary N) is 2. The Hall–Kier alpha value is -1.10. The number of amides is 1. The molecular weight excluding hydrogens is 405 g/mol. The van der Waals surface area contributed by atoms with Crippen molar-refractivity contribution in [2.45, 2.75) is 32.8 Å². The summed E-state index contributed by atoms with van der Waals surface area (Å²) in [5, 5.41) is 11.2. The first-order chi connectivity index (χ1) is 9.85. The number of carbonyl (C=O) groups is 1. The third kappa shape index (κ3) is 4.99. The van der Waals surface area contributed by atoms with E-state index in [1.165, 1.54) is 11.3 Å². The van der Waals surface area contributed by atoms with Gasteiger partial charge in [-0.1, -0.05) is 11.3 Å². The van der Waals surface area contributed by atoms with E-state index in [0.717, 1.165) is 26.8 Å². The van der Waals surface area contributed by atoms with Gasteiger partial charge < -0.3 is 15.4 Å². The molecule has 0 radical (unpaired) electrons. The van der Waals surface area contributed by atoms with Crippen LogP contribution in [-0.2, 0) is 4.74 Å². The van der Waals surface area contributed by atoms with E-state index in [4.69, 9.17) is 4.74 Å². The molecule has 0 aliphatic rings. The first-order valence-corrected chi connectivity index (χ1v) is 8.45. The van der Waals surface area contributed by atoms with Gasteiger partial charge in [0.15, 0.2) is 0 Å². The van der Waals surface area contributed by atoms with Gasteiger partial charge in [-0.25, -0.2) is 9.78 Å². The summed E-state index contributed by atoms with van der Waals surface area (Å²) < 4.78 is 7.93. The second kappa shape index (κ2) is 6.77. The number of carbonyl (C=O) groups excluding carboxylic acids is 1. The maximum absolute atomic E-state index is 11.4. The van der Waals surface area contributed by atoms with Crippen LogP contribution in [0.2, 0.25) is 0 Å². The minimum absolute atomic E-state index is 0.384. The molecule has 1 amide bonds. The summed E-state index contributed by atoms with van der Waals surface area (Å²) in [6, 6.07) is 0. The van der Waals surface area contributed by atoms with Crippen molar-refractivity contribution < 1.29 is 9.53 Å². The van der Waals surface area contributed by atoms with E-state index < -0.39 is 5.60 Å². The molecule has 0 aromatic carbocycles. The predicted octanol–water partition coefficient (Wildman–Crippen LogP) is 2.72. The Bertz CT molecular complexity index is 619. The second-order valence-corrected chi connectivity index (χ2v) is 7.45. The maximum Gasteiger partial charge on any atom is 0.407 e. The topological polar surface area (TPSA) is 80.5 Å². The van der Waals surface area contributed by atoms with Crippen molar-refractivity contribution in [2.24, 2.45) is 0 Å². The fraction of sp³-hybridized carbons (Fsp3) is 0.583. The van der Waals surface area contributed by atoms with Crippen molar-refractivity contribution in [3.8, 4) is 0 Å². The summed E-state index contributed by atoms with van der Waals surface area (Å²) in [6.45, 7) is 6.81. The molecule has 0 aliphatic heterocycles. The standard InChI is InChI=1S/C12H18IN5O2S/c1-12(2,3)20-11(19)15-6-4-5-14-9-17-18-8(13)7-16-10(18)21-9/h7H,4-6H2,1-3H3,(H,14,17)(H,15,19). The van der Waals surface area contributed by atoms with Crippen LogP contribution in [0, 0.1) is 3.70 Å². The second-order valence-electron chi connectivity index (χ2n) is 5.39. The molecule has 2 rings (SSSR count). The number of fused-ring (bicyclic) bond motifs is 1. The van der Waals surface area contributed by atoms with Gasteiger partial charge in [-0.15, -0.1) is 5.10 Å². The van der Waals surface area contributed by atoms with Gasteiger partial charge in [0.1, 0.15) is 9.30 Å². The smallest absolute Gasteiger partial charge is 0.407 e. The number of aromatic nitrogens is 3. The van der Waals surface area contributed by atoms with Crippen LogP contribution in [0.4, 0.5) is 9.93 Å². The van der Waals surface area contributed by atoms with Crippen LogP contribution in [0.5, 0.6) is 0 Å². The van der Waals surface area contributed by atoms with E-state index in [9.17, 15) is 4.79 Å². The van der Waals surface area contributed by atoms with E-state index in [2.05, 4.69) is 43.3 Å². The van der Waals surface area contributed by atoms with Crippen molar-refractivity contribution >= 4 is 50.1 Å². The molecule has 0 saturated carbocycles. The van der Waals surface area contributed by atoms with Gasteiger partial charge in [-0.2, -0.15) is 4.52 Å². The Morgan fingerprint density at radius 1 is 1.48 bits per heavy atom. The molecule has 9 heteroatoms. The van der Waals surface area contributed by atoms with Crippen molar-refractivity contribution in [3.63, 3.8) is 0 Å². The molecule has 7 nitrogen and oxygen atoms in total. The summed E-state index contributed by atoms with van der Waals surface area (Å²) in [7, 11) is 0. The fourth-order valence-electron chi connectivity index (χ4n) is 1.53. The molecule has 2 heterocycles. The van der Waals surface area contributed by atoms with Gasteiger partial charge in [0, 0.05) is 13.1 Å². The zero-order valence-corrected chi connectivity index (χ0v) is 15.1. The lowest BCUT2D eigenvalue weighted by atomic mass is 10.2. The molecule has 2 aromatic rings. The van der Waals surface area contributed by atoms with E-state index in [1.807, 2.05) is 20.8 Å². The third-order valence-corrected chi connectivity index (χ3v) is 3.96. The number of ether oxygens (including phenoxy) is 1. The molecule has 0 bridgehead atoms. The quantitative estimate of drug-likeness (QED) is 0.571. The zero-order valence-electron chi connectivity index (χ0n) is 12.1. The summed E-state index contributed by atoms with van der Waals surface area (Å²) in [6.07, 6.45) is 2.19. The summed E-state index contributed by atoms with van der Waals surface area (Å²) in [4.78, 5) is 16.5. The Morgan fingerprint density at radius 2 is 2.24 bits per heavy atom. The molecular formula is C12H18IN5O2S. The average Bonchev–Trinajstić information content (AvgIpc) is 2.89. The Labute approximate surface area is 140 Å². The van der Waals surface area contributed by atoms with Crippen LogP contribution in [0.15, 0.2) is 6.20 Å². The van der Waals surface area contributed by atoms with Crippen LogP contribution in [0.25, 0.3) is 4.96 Å². The monoisotopic (exact) mass is 423 g/mol. The van der Waals surface area contributed by atoms with Gasteiger partial charge in [0.05, 0.1) is 6.20 Å². The third-order valence-electron chi connectivity index (χ3n) is 2.34. The number of hydrogen-bond acceptors (Lipinski definition) is 6. The van der Waals surface area contributed by atoms with Crippen LogP contribution in [0.3, 0.4) is 0 Å². The van der Waals surface area contributed by atoms with E-state index in [1.54, 1.807) is 10.7 Å². The van der Waals surface area contributed by atoms with Crippen LogP contribution >= 0.6 is 33.9 Å². The Morgan fingerprint density at radius 3 is 2.90 bits per heavy atom. The summed E-state index contributed by atoms with van der Waals surface area (Å²) in [5.41, 5.74) is -0.463. The molecule has 0 unspecified atom stereocenters. The van der Waals surface area contributed by atoms with Crippen LogP contribution in [0.1, 0.15) is 27.2 Å². The zero-order chi connectivity index (χ0) is 15.5. The molecule has 21 heavy (non-hydrogen) atoms. The number of hydrogen-bond donors (Lipinski definition) is 2. The van der Waals surface area contributed by atoms with Crippen LogP contribution < -0.4 is 10.6 Å². The number of imidazole rings is 1. The molecule has 0 spiro atoms. The van der Waals surface area contributed by atoms with Crippen molar-refractivity contribution in [1.29, 1.82) is 0 Å². The molecule has 2 N–H and O–H groups in total. The number of rotatable bonds is 5. The largest absolute Gasteiger partial charge is 0.444 e. The highest BCUT2D eigenvalue weighted by atomic mass is 127. The molecule has 0 aliphatic carbocycles. The highest BCUT2D eigenvalue weighted by molar-refractivity contribution is 14.1. The molecule has 0 atom stereocenters. The van der Waals surface area contributed by atoms with E-state index >= 15 is 0 Å². The normalized spacial score (nSPS) is 11.6. The fourth-order valence-corrected chi connectivity index (χ4v) is 2.97. The van der Waals surface area contributed by atoms with E-state index in [0.29, 0.717) is 6.54 Å². The summed E-state index contributed by atoms with van der Waals surface area (Å²) >= 11 is 3.69. The number of anilines is 1. The van der Waals surface area contributed by atoms with E-state index in [-0.39, 0.29) is 6.09 Å². The predicted molar refractivity (Wildman–Crippen MR) is 90.9 cm³/mol. The molecule has 0 saturated heterocycles. The Kier molecular flexibility index (Phi) is 5.25. The van der Waals surface area contributed by atoms with Gasteiger partial charge in [0.25, 0.3) is 0 Å². The minimum atomic E-state index is -0.463. The number of halogens is 1. The first-order valence-electron chi connectivity index (χ1n) is 6.56. The SMILES string of the molecule is CC(C)(C)OC(=O)NCCCNc1nn2c(I)cnc2s1. The van der Waals surface area contributed by atoms with Crippen molar-refractivity contribution in [2.75, 3.05) is 18.4 Å². The lowest BCUT2D eigenvalue weighted by molar-refractivity contribution is 0.0528. The average molecular weight is 423 g/mol. The number of alkyl carbamates (subject to hydrolysis) is 1. The lowest BCUT2D eigenvalue weighted by Crippen LogP contribution is -2.33. The Balaban J connectivity index is 1.67. The minimum Gasteiger partial charge on any atom is -0.444 e. The van der Waals surface area contributed by atoms with Gasteiger partial charge in [-0.3, -0.25) is 0 Å². The molecule has 0 fully saturated rings. The van der Waals surface area contributed by atoms with Crippen LogP contribution in [-0.4, -0.2) is 39.4 Å². The van der Waals surface area contributed by atoms with Crippen molar-refractivity contribution in [1.82, 2.24) is 19.9 Å². The van der Waals surface area contributed by atoms with Crippen molar-refractivity contribution in [3.05, 3.63) is 9.90 Å². The maximum atomic E-state index is 11.4. The molecule has 116 valence electrons. The first kappa shape index (κ1) is 16.3. The summed E-state index contributed by atoms with van der Waals surface area (Å²) in [5.74, 6) is 0. The highest BCUT2D eigenvalue weighted by Gasteiger charge is 2.15.